The highest BCUT2D eigenvalue weighted by atomic mass is 19.4. The van der Waals surface area contributed by atoms with Crippen LogP contribution in [0.5, 0.6) is 0 Å². The quantitative estimate of drug-likeness (QED) is 0.890. The number of aromatic nitrogens is 3. The third-order valence-electron chi connectivity index (χ3n) is 4.59. The standard InChI is InChI=1S/C17H19F3N4O2/c1-2-11-7-5-6-10-23(11)15-14(16(25)26)21-24(22-15)13-9-4-3-8-12(13)17(18,19)20/h3-4,8-9,11H,2,5-7,10H2,1H3,(H,25,26)/t11-/m0/s1. The maximum atomic E-state index is 13.3. The van der Waals surface area contributed by atoms with Crippen LogP contribution in [0.2, 0.25) is 0 Å². The summed E-state index contributed by atoms with van der Waals surface area (Å²) in [6, 6.07) is 4.96. The summed E-state index contributed by atoms with van der Waals surface area (Å²) in [6.07, 6.45) is -0.999. The number of carboxylic acids is 1. The minimum absolute atomic E-state index is 0.102. The summed E-state index contributed by atoms with van der Waals surface area (Å²) in [4.78, 5) is 14.3. The number of benzene rings is 1. The van der Waals surface area contributed by atoms with Gasteiger partial charge in [0.1, 0.15) is 0 Å². The predicted octanol–water partition coefficient (Wildman–Crippen LogP) is 3.75. The highest BCUT2D eigenvalue weighted by molar-refractivity contribution is 5.91. The van der Waals surface area contributed by atoms with Gasteiger partial charge in [-0.3, -0.25) is 0 Å². The monoisotopic (exact) mass is 368 g/mol. The van der Waals surface area contributed by atoms with Crippen LogP contribution in [0.1, 0.15) is 48.7 Å². The number of nitrogens with zero attached hydrogens (tertiary/aromatic N) is 4. The average Bonchev–Trinajstić information content (AvgIpc) is 3.06. The highest BCUT2D eigenvalue weighted by Gasteiger charge is 2.36. The Morgan fingerprint density at radius 2 is 2.00 bits per heavy atom. The molecule has 1 aromatic carbocycles. The Morgan fingerprint density at radius 1 is 1.27 bits per heavy atom. The molecule has 2 aromatic rings. The van der Waals surface area contributed by atoms with Gasteiger partial charge >= 0.3 is 12.1 Å². The highest BCUT2D eigenvalue weighted by Crippen LogP contribution is 2.34. The molecule has 0 spiro atoms. The summed E-state index contributed by atoms with van der Waals surface area (Å²) < 4.78 is 39.8. The molecule has 1 aromatic heterocycles. The van der Waals surface area contributed by atoms with Gasteiger partial charge in [-0.05, 0) is 37.8 Å². The second kappa shape index (κ2) is 6.97. The Hall–Kier alpha value is -2.58. The number of hydrogen-bond acceptors (Lipinski definition) is 4. The number of carboxylic acid groups (broad SMARTS) is 1. The number of hydrogen-bond donors (Lipinski definition) is 1. The zero-order valence-electron chi connectivity index (χ0n) is 14.2. The van der Waals surface area contributed by atoms with E-state index in [1.165, 1.54) is 18.2 Å². The van der Waals surface area contributed by atoms with E-state index < -0.39 is 17.7 Å². The van der Waals surface area contributed by atoms with Crippen LogP contribution >= 0.6 is 0 Å². The van der Waals surface area contributed by atoms with Crippen LogP contribution in [0.4, 0.5) is 19.0 Å². The largest absolute Gasteiger partial charge is 0.476 e. The van der Waals surface area contributed by atoms with Gasteiger partial charge in [0.25, 0.3) is 0 Å². The lowest BCUT2D eigenvalue weighted by atomic mass is 10.00. The lowest BCUT2D eigenvalue weighted by Gasteiger charge is -2.35. The fourth-order valence-electron chi connectivity index (χ4n) is 3.33. The predicted molar refractivity (Wildman–Crippen MR) is 88.6 cm³/mol. The van der Waals surface area contributed by atoms with Crippen LogP contribution in [0.3, 0.4) is 0 Å². The summed E-state index contributed by atoms with van der Waals surface area (Å²) in [7, 11) is 0. The molecule has 0 radical (unpaired) electrons. The summed E-state index contributed by atoms with van der Waals surface area (Å²) >= 11 is 0. The van der Waals surface area contributed by atoms with Crippen molar-refractivity contribution in [2.75, 3.05) is 11.4 Å². The van der Waals surface area contributed by atoms with Gasteiger partial charge in [-0.1, -0.05) is 19.1 Å². The average molecular weight is 368 g/mol. The van der Waals surface area contributed by atoms with Crippen molar-refractivity contribution < 1.29 is 23.1 Å². The molecule has 3 rings (SSSR count). The van der Waals surface area contributed by atoms with Crippen molar-refractivity contribution in [3.8, 4) is 5.69 Å². The maximum absolute atomic E-state index is 13.3. The normalized spacial score (nSPS) is 18.2. The van der Waals surface area contributed by atoms with Gasteiger partial charge in [-0.2, -0.15) is 13.2 Å². The minimum atomic E-state index is -4.59. The summed E-state index contributed by atoms with van der Waals surface area (Å²) in [5.74, 6) is -1.18. The van der Waals surface area contributed by atoms with Crippen LogP contribution in [0.25, 0.3) is 5.69 Å². The molecule has 0 unspecified atom stereocenters. The molecule has 0 bridgehead atoms. The van der Waals surface area contributed by atoms with Crippen molar-refractivity contribution in [3.05, 3.63) is 35.5 Å². The first-order valence-electron chi connectivity index (χ1n) is 8.46. The summed E-state index contributed by atoms with van der Waals surface area (Å²) in [5, 5.41) is 17.5. The van der Waals surface area contributed by atoms with Gasteiger partial charge in [0, 0.05) is 12.6 Å². The molecule has 26 heavy (non-hydrogen) atoms. The second-order valence-electron chi connectivity index (χ2n) is 6.23. The van der Waals surface area contributed by atoms with E-state index in [0.717, 1.165) is 36.5 Å². The van der Waals surface area contributed by atoms with E-state index in [9.17, 15) is 23.1 Å². The number of piperidine rings is 1. The fraction of sp³-hybridized carbons (Fsp3) is 0.471. The molecular formula is C17H19F3N4O2. The first kappa shape index (κ1) is 18.2. The lowest BCUT2D eigenvalue weighted by molar-refractivity contribution is -0.137. The van der Waals surface area contributed by atoms with Crippen LogP contribution < -0.4 is 4.90 Å². The molecule has 2 heterocycles. The van der Waals surface area contributed by atoms with Crippen molar-refractivity contribution >= 4 is 11.8 Å². The van der Waals surface area contributed by atoms with Crippen molar-refractivity contribution in [3.63, 3.8) is 0 Å². The van der Waals surface area contributed by atoms with Crippen molar-refractivity contribution in [1.82, 2.24) is 15.0 Å². The number of rotatable bonds is 4. The smallest absolute Gasteiger partial charge is 0.418 e. The molecule has 1 atom stereocenters. The van der Waals surface area contributed by atoms with Gasteiger partial charge in [0.05, 0.1) is 11.3 Å². The first-order valence-corrected chi connectivity index (χ1v) is 8.46. The molecule has 1 aliphatic heterocycles. The second-order valence-corrected chi connectivity index (χ2v) is 6.23. The maximum Gasteiger partial charge on any atom is 0.418 e. The minimum Gasteiger partial charge on any atom is -0.476 e. The number of carbonyl (C=O) groups is 1. The number of halogens is 3. The Kier molecular flexibility index (Phi) is 4.88. The van der Waals surface area contributed by atoms with E-state index in [0.29, 0.717) is 6.54 Å². The van der Waals surface area contributed by atoms with Gasteiger partial charge in [-0.15, -0.1) is 15.0 Å². The summed E-state index contributed by atoms with van der Waals surface area (Å²) in [5.41, 5.74) is -1.54. The van der Waals surface area contributed by atoms with Crippen LogP contribution in [0.15, 0.2) is 24.3 Å². The molecule has 0 saturated carbocycles. The van der Waals surface area contributed by atoms with Crippen molar-refractivity contribution in [1.29, 1.82) is 0 Å². The molecule has 1 N–H and O–H groups in total. The Labute approximate surface area is 148 Å². The molecule has 9 heteroatoms. The molecule has 1 aliphatic rings. The van der Waals surface area contributed by atoms with Crippen LogP contribution in [-0.4, -0.2) is 38.7 Å². The number of para-hydroxylation sites is 1. The van der Waals surface area contributed by atoms with E-state index in [1.807, 2.05) is 11.8 Å². The molecule has 140 valence electrons. The first-order chi connectivity index (χ1) is 12.3. The Morgan fingerprint density at radius 3 is 2.65 bits per heavy atom. The van der Waals surface area contributed by atoms with E-state index >= 15 is 0 Å². The van der Waals surface area contributed by atoms with Crippen molar-refractivity contribution in [2.45, 2.75) is 44.8 Å². The van der Waals surface area contributed by atoms with E-state index in [-0.39, 0.29) is 23.2 Å². The molecule has 0 amide bonds. The topological polar surface area (TPSA) is 71.2 Å². The van der Waals surface area contributed by atoms with Gasteiger partial charge < -0.3 is 10.0 Å². The Bertz CT molecular complexity index is 804. The molecular weight excluding hydrogens is 349 g/mol. The zero-order valence-corrected chi connectivity index (χ0v) is 14.2. The van der Waals surface area contributed by atoms with E-state index in [2.05, 4.69) is 10.2 Å². The fourth-order valence-corrected chi connectivity index (χ4v) is 3.33. The zero-order chi connectivity index (χ0) is 18.9. The van der Waals surface area contributed by atoms with E-state index in [1.54, 1.807) is 0 Å². The molecule has 1 saturated heterocycles. The number of alkyl halides is 3. The van der Waals surface area contributed by atoms with Crippen LogP contribution in [-0.2, 0) is 6.18 Å². The summed E-state index contributed by atoms with van der Waals surface area (Å²) in [6.45, 7) is 2.60. The SMILES string of the molecule is CC[C@H]1CCCCN1c1nn(-c2ccccc2C(F)(F)F)nc1C(=O)O. The molecule has 1 fully saturated rings. The number of anilines is 1. The third kappa shape index (κ3) is 3.38. The van der Waals surface area contributed by atoms with Gasteiger partial charge in [0.15, 0.2) is 5.82 Å². The molecule has 6 nitrogen and oxygen atoms in total. The molecule has 0 aliphatic carbocycles. The van der Waals surface area contributed by atoms with Gasteiger partial charge in [0.2, 0.25) is 5.69 Å². The lowest BCUT2D eigenvalue weighted by Crippen LogP contribution is -2.40. The Balaban J connectivity index is 2.11. The van der Waals surface area contributed by atoms with Crippen LogP contribution in [0, 0.1) is 0 Å². The third-order valence-corrected chi connectivity index (χ3v) is 4.59. The van der Waals surface area contributed by atoms with Gasteiger partial charge in [-0.25, -0.2) is 4.79 Å². The van der Waals surface area contributed by atoms with E-state index in [4.69, 9.17) is 0 Å². The number of aromatic carboxylic acids is 1. The van der Waals surface area contributed by atoms with Crippen molar-refractivity contribution in [2.24, 2.45) is 0 Å².